The summed E-state index contributed by atoms with van der Waals surface area (Å²) < 4.78 is 6.12. The van der Waals surface area contributed by atoms with Gasteiger partial charge in [-0.2, -0.15) is 0 Å². The molecule has 0 aliphatic carbocycles. The number of thiazole rings is 1. The lowest BCUT2D eigenvalue weighted by molar-refractivity contribution is 0.100. The first-order chi connectivity index (χ1) is 18.0. The number of pyridine rings is 1. The quantitative estimate of drug-likeness (QED) is 0.276. The average Bonchev–Trinajstić information content (AvgIpc) is 3.35. The van der Waals surface area contributed by atoms with Gasteiger partial charge < -0.3 is 15.8 Å². The molecule has 0 saturated heterocycles. The highest BCUT2D eigenvalue weighted by atomic mass is 32.1. The number of benzene rings is 3. The van der Waals surface area contributed by atoms with Crippen LogP contribution in [0.1, 0.15) is 16.1 Å². The van der Waals surface area contributed by atoms with Crippen LogP contribution in [0.15, 0.2) is 84.4 Å². The number of anilines is 2. The van der Waals surface area contributed by atoms with Gasteiger partial charge in [-0.1, -0.05) is 24.3 Å². The van der Waals surface area contributed by atoms with Crippen LogP contribution in [-0.2, 0) is 0 Å². The van der Waals surface area contributed by atoms with Crippen LogP contribution in [0.2, 0.25) is 0 Å². The summed E-state index contributed by atoms with van der Waals surface area (Å²) in [5.41, 5.74) is 9.00. The number of carbonyl (C=O) groups is 1. The van der Waals surface area contributed by atoms with E-state index in [1.807, 2.05) is 60.8 Å². The Morgan fingerprint density at radius 2 is 1.76 bits per heavy atom. The third-order valence-electron chi connectivity index (χ3n) is 5.84. The second kappa shape index (κ2) is 9.29. The van der Waals surface area contributed by atoms with E-state index in [0.717, 1.165) is 38.2 Å². The summed E-state index contributed by atoms with van der Waals surface area (Å²) in [5.74, 6) is 1.45. The largest absolute Gasteiger partial charge is 0.457 e. The van der Waals surface area contributed by atoms with Crippen molar-refractivity contribution in [2.45, 2.75) is 6.92 Å². The Labute approximate surface area is 215 Å². The Balaban J connectivity index is 1.26. The monoisotopic (exact) mass is 504 g/mol. The molecule has 0 fully saturated rings. The summed E-state index contributed by atoms with van der Waals surface area (Å²) in [6.07, 6.45) is 1.64. The van der Waals surface area contributed by atoms with E-state index in [1.165, 1.54) is 0 Å². The molecule has 37 heavy (non-hydrogen) atoms. The van der Waals surface area contributed by atoms with Crippen LogP contribution in [-0.4, -0.2) is 26.1 Å². The van der Waals surface area contributed by atoms with Crippen molar-refractivity contribution in [2.24, 2.45) is 5.73 Å². The average molecular weight is 505 g/mol. The Morgan fingerprint density at radius 3 is 2.51 bits per heavy atom. The number of rotatable bonds is 6. The number of amides is 1. The number of nitrogens with one attached hydrogen (secondary N) is 1. The highest BCUT2D eigenvalue weighted by Gasteiger charge is 2.14. The zero-order valence-electron chi connectivity index (χ0n) is 19.7. The molecule has 180 valence electrons. The molecule has 0 spiro atoms. The SMILES string of the molecule is Cc1csc(-c2nnc(Nc3ccc(Oc4ccnc5cc(C(N)=O)ccc45)cc3)c3ccccc23)n1. The van der Waals surface area contributed by atoms with Crippen LogP contribution in [0, 0.1) is 6.92 Å². The van der Waals surface area contributed by atoms with E-state index in [-0.39, 0.29) is 0 Å². The molecule has 0 saturated carbocycles. The summed E-state index contributed by atoms with van der Waals surface area (Å²) in [4.78, 5) is 20.4. The fourth-order valence-electron chi connectivity index (χ4n) is 4.05. The molecule has 6 aromatic rings. The van der Waals surface area contributed by atoms with Crippen molar-refractivity contribution in [1.29, 1.82) is 0 Å². The summed E-state index contributed by atoms with van der Waals surface area (Å²) in [6, 6.07) is 22.5. The van der Waals surface area contributed by atoms with Gasteiger partial charge in [0.1, 0.15) is 22.2 Å². The van der Waals surface area contributed by atoms with Crippen LogP contribution in [0.5, 0.6) is 11.5 Å². The minimum atomic E-state index is -0.497. The van der Waals surface area contributed by atoms with Crippen LogP contribution in [0.4, 0.5) is 11.5 Å². The molecule has 3 aromatic carbocycles. The summed E-state index contributed by atoms with van der Waals surface area (Å²) >= 11 is 1.56. The van der Waals surface area contributed by atoms with Gasteiger partial charge in [-0.3, -0.25) is 9.78 Å². The molecule has 0 aliphatic heterocycles. The van der Waals surface area contributed by atoms with Crippen molar-refractivity contribution in [3.8, 4) is 22.2 Å². The molecular formula is C28H20N6O2S. The number of nitrogens with two attached hydrogens (primary N) is 1. The van der Waals surface area contributed by atoms with Crippen molar-refractivity contribution in [3.05, 3.63) is 95.6 Å². The van der Waals surface area contributed by atoms with E-state index in [4.69, 9.17) is 10.5 Å². The van der Waals surface area contributed by atoms with Crippen LogP contribution in [0.25, 0.3) is 32.4 Å². The van der Waals surface area contributed by atoms with Gasteiger partial charge in [0.25, 0.3) is 0 Å². The minimum absolute atomic E-state index is 0.401. The van der Waals surface area contributed by atoms with E-state index in [2.05, 4.69) is 25.5 Å². The minimum Gasteiger partial charge on any atom is -0.457 e. The lowest BCUT2D eigenvalue weighted by Gasteiger charge is -2.12. The van der Waals surface area contributed by atoms with Gasteiger partial charge in [-0.05, 0) is 55.5 Å². The topological polar surface area (TPSA) is 116 Å². The number of aryl methyl sites for hydroxylation is 1. The van der Waals surface area contributed by atoms with E-state index in [0.29, 0.717) is 28.4 Å². The molecule has 0 radical (unpaired) electrons. The summed E-state index contributed by atoms with van der Waals surface area (Å²) in [6.45, 7) is 1.97. The molecule has 0 unspecified atom stereocenters. The maximum absolute atomic E-state index is 11.5. The zero-order valence-corrected chi connectivity index (χ0v) is 20.5. The van der Waals surface area contributed by atoms with Crippen molar-refractivity contribution in [1.82, 2.24) is 20.2 Å². The highest BCUT2D eigenvalue weighted by Crippen LogP contribution is 2.34. The summed E-state index contributed by atoms with van der Waals surface area (Å²) in [7, 11) is 0. The first-order valence-corrected chi connectivity index (χ1v) is 12.3. The van der Waals surface area contributed by atoms with Gasteiger partial charge in [0.15, 0.2) is 5.82 Å². The molecule has 0 atom stereocenters. The summed E-state index contributed by atoms with van der Waals surface area (Å²) in [5, 5.41) is 17.9. The molecular weight excluding hydrogens is 484 g/mol. The van der Waals surface area contributed by atoms with E-state index < -0.39 is 5.91 Å². The van der Waals surface area contributed by atoms with E-state index in [9.17, 15) is 4.79 Å². The first kappa shape index (κ1) is 22.6. The third-order valence-corrected chi connectivity index (χ3v) is 6.81. The first-order valence-electron chi connectivity index (χ1n) is 11.5. The van der Waals surface area contributed by atoms with Crippen LogP contribution in [0.3, 0.4) is 0 Å². The van der Waals surface area contributed by atoms with Crippen molar-refractivity contribution in [3.63, 3.8) is 0 Å². The number of fused-ring (bicyclic) bond motifs is 2. The Kier molecular flexibility index (Phi) is 5.66. The maximum atomic E-state index is 11.5. The molecule has 0 bridgehead atoms. The number of ether oxygens (including phenoxy) is 1. The van der Waals surface area contributed by atoms with Crippen molar-refractivity contribution >= 4 is 50.4 Å². The fraction of sp³-hybridized carbons (Fsp3) is 0.0357. The predicted octanol–water partition coefficient (Wildman–Crippen LogP) is 6.24. The zero-order chi connectivity index (χ0) is 25.4. The number of nitrogens with zero attached hydrogens (tertiary/aromatic N) is 4. The van der Waals surface area contributed by atoms with Gasteiger partial charge in [-0.25, -0.2) is 4.98 Å². The maximum Gasteiger partial charge on any atom is 0.248 e. The fourth-order valence-corrected chi connectivity index (χ4v) is 4.85. The Morgan fingerprint density at radius 1 is 0.946 bits per heavy atom. The predicted molar refractivity (Wildman–Crippen MR) is 145 cm³/mol. The number of aromatic nitrogens is 4. The number of hydrogen-bond acceptors (Lipinski definition) is 8. The van der Waals surface area contributed by atoms with E-state index >= 15 is 0 Å². The van der Waals surface area contributed by atoms with Gasteiger partial charge in [0.05, 0.1) is 5.52 Å². The van der Waals surface area contributed by atoms with E-state index in [1.54, 1.807) is 41.8 Å². The second-order valence-corrected chi connectivity index (χ2v) is 9.25. The highest BCUT2D eigenvalue weighted by molar-refractivity contribution is 7.13. The Hall–Kier alpha value is -4.89. The molecule has 6 rings (SSSR count). The van der Waals surface area contributed by atoms with Gasteiger partial charge in [0.2, 0.25) is 5.91 Å². The number of hydrogen-bond donors (Lipinski definition) is 2. The van der Waals surface area contributed by atoms with Gasteiger partial charge >= 0.3 is 0 Å². The van der Waals surface area contributed by atoms with Crippen LogP contribution >= 0.6 is 11.3 Å². The standard InChI is InChI=1S/C28H20N6O2S/c1-16-15-37-28(31-16)25-20-4-2-3-5-21(20)27(34-33-25)32-18-7-9-19(10-8-18)36-24-12-13-30-23-14-17(26(29)35)6-11-22(23)24/h2-15H,1H3,(H2,29,35)(H,32,34). The lowest BCUT2D eigenvalue weighted by atomic mass is 10.1. The van der Waals surface area contributed by atoms with Crippen molar-refractivity contribution < 1.29 is 9.53 Å². The van der Waals surface area contributed by atoms with Gasteiger partial charge in [-0.15, -0.1) is 21.5 Å². The van der Waals surface area contributed by atoms with Crippen molar-refractivity contribution in [2.75, 3.05) is 5.32 Å². The molecule has 3 aromatic heterocycles. The molecule has 9 heteroatoms. The molecule has 1 amide bonds. The number of carbonyl (C=O) groups excluding carboxylic acids is 1. The molecule has 8 nitrogen and oxygen atoms in total. The van der Waals surface area contributed by atoms with Crippen LogP contribution < -0.4 is 15.8 Å². The second-order valence-electron chi connectivity index (χ2n) is 8.39. The lowest BCUT2D eigenvalue weighted by Crippen LogP contribution is -2.10. The smallest absolute Gasteiger partial charge is 0.248 e. The normalized spacial score (nSPS) is 11.1. The Bertz CT molecular complexity index is 1780. The number of primary amides is 1. The third kappa shape index (κ3) is 4.43. The molecule has 3 heterocycles. The molecule has 3 N–H and O–H groups in total. The molecule has 0 aliphatic rings. The van der Waals surface area contributed by atoms with Gasteiger partial charge in [0, 0.05) is 44.7 Å².